The van der Waals surface area contributed by atoms with Gasteiger partial charge in [0.05, 0.1) is 12.2 Å². The van der Waals surface area contributed by atoms with Gasteiger partial charge >= 0.3 is 0 Å². The summed E-state index contributed by atoms with van der Waals surface area (Å²) in [6.07, 6.45) is 5.59. The van der Waals surface area contributed by atoms with Gasteiger partial charge in [0.25, 0.3) is 0 Å². The maximum absolute atomic E-state index is 4.22. The third kappa shape index (κ3) is 4.27. The van der Waals surface area contributed by atoms with E-state index in [0.717, 1.165) is 5.70 Å². The molecule has 1 aromatic carbocycles. The van der Waals surface area contributed by atoms with Gasteiger partial charge in [0.15, 0.2) is 0 Å². The van der Waals surface area contributed by atoms with Crippen molar-refractivity contribution in [3.63, 3.8) is 0 Å². The predicted molar refractivity (Wildman–Crippen MR) is 76.9 cm³/mol. The van der Waals surface area contributed by atoms with E-state index in [1.54, 1.807) is 6.21 Å². The molecule has 1 aromatic rings. The van der Waals surface area contributed by atoms with Crippen molar-refractivity contribution in [2.24, 2.45) is 4.99 Å². The zero-order valence-corrected chi connectivity index (χ0v) is 10.8. The summed E-state index contributed by atoms with van der Waals surface area (Å²) in [6, 6.07) is 6.26. The molecule has 0 atom stereocenters. The first-order valence-electron chi connectivity index (χ1n) is 5.78. The van der Waals surface area contributed by atoms with Gasteiger partial charge in [-0.3, -0.25) is 4.99 Å². The molecule has 0 fully saturated rings. The molecular weight excluding hydrogens is 208 g/mol. The monoisotopic (exact) mass is 228 g/mol. The molecule has 90 valence electrons. The molecule has 0 aromatic heterocycles. The van der Waals surface area contributed by atoms with Crippen molar-refractivity contribution in [3.05, 3.63) is 53.8 Å². The average molecular weight is 228 g/mol. The van der Waals surface area contributed by atoms with Crippen LogP contribution in [0.15, 0.2) is 47.6 Å². The standard InChI is InChI=1S/C15H20N2/c1-5-6-10-16-14(4)11-17-15-12(2)8-7-9-13(15)3/h5-10,17H,4,11H2,1-3H3/b6-5-,16-10-. The van der Waals surface area contributed by atoms with Crippen molar-refractivity contribution in [1.82, 2.24) is 0 Å². The van der Waals surface area contributed by atoms with E-state index in [1.807, 2.05) is 19.1 Å². The van der Waals surface area contributed by atoms with Gasteiger partial charge in [0.2, 0.25) is 0 Å². The van der Waals surface area contributed by atoms with E-state index in [4.69, 9.17) is 0 Å². The number of rotatable bonds is 5. The number of anilines is 1. The maximum atomic E-state index is 4.22. The van der Waals surface area contributed by atoms with Gasteiger partial charge in [0, 0.05) is 11.9 Å². The van der Waals surface area contributed by atoms with Crippen molar-refractivity contribution in [2.75, 3.05) is 11.9 Å². The fraction of sp³-hybridized carbons (Fsp3) is 0.267. The van der Waals surface area contributed by atoms with Crippen LogP contribution in [0.2, 0.25) is 0 Å². The summed E-state index contributed by atoms with van der Waals surface area (Å²) in [4.78, 5) is 4.22. The number of benzene rings is 1. The zero-order valence-electron chi connectivity index (χ0n) is 10.8. The summed E-state index contributed by atoms with van der Waals surface area (Å²) in [5.74, 6) is 0. The molecule has 1 rings (SSSR count). The Balaban J connectivity index is 2.59. The van der Waals surface area contributed by atoms with E-state index >= 15 is 0 Å². The minimum Gasteiger partial charge on any atom is -0.379 e. The second-order valence-corrected chi connectivity index (χ2v) is 3.99. The third-order valence-corrected chi connectivity index (χ3v) is 2.49. The highest BCUT2D eigenvalue weighted by atomic mass is 14.9. The molecule has 2 nitrogen and oxygen atoms in total. The van der Waals surface area contributed by atoms with Crippen molar-refractivity contribution in [3.8, 4) is 0 Å². The number of aryl methyl sites for hydroxylation is 2. The molecule has 0 heterocycles. The Morgan fingerprint density at radius 1 is 1.35 bits per heavy atom. The van der Waals surface area contributed by atoms with Gasteiger partial charge in [-0.05, 0) is 38.0 Å². The van der Waals surface area contributed by atoms with Crippen LogP contribution < -0.4 is 5.32 Å². The van der Waals surface area contributed by atoms with Crippen molar-refractivity contribution in [2.45, 2.75) is 20.8 Å². The normalized spacial score (nSPS) is 11.2. The van der Waals surface area contributed by atoms with Crippen LogP contribution in [0.1, 0.15) is 18.1 Å². The number of hydrogen-bond acceptors (Lipinski definition) is 2. The molecule has 17 heavy (non-hydrogen) atoms. The van der Waals surface area contributed by atoms with Gasteiger partial charge in [-0.1, -0.05) is 30.9 Å². The summed E-state index contributed by atoms with van der Waals surface area (Å²) in [6.45, 7) is 10.7. The maximum Gasteiger partial charge on any atom is 0.0567 e. The van der Waals surface area contributed by atoms with Gasteiger partial charge in [0.1, 0.15) is 0 Å². The second kappa shape index (κ2) is 6.69. The van der Waals surface area contributed by atoms with E-state index in [-0.39, 0.29) is 0 Å². The number of para-hydroxylation sites is 1. The first-order valence-corrected chi connectivity index (χ1v) is 5.78. The molecule has 0 amide bonds. The van der Waals surface area contributed by atoms with Crippen molar-refractivity contribution < 1.29 is 0 Å². The average Bonchev–Trinajstić information content (AvgIpc) is 2.29. The Hall–Kier alpha value is -1.83. The van der Waals surface area contributed by atoms with E-state index in [9.17, 15) is 0 Å². The van der Waals surface area contributed by atoms with E-state index in [0.29, 0.717) is 6.54 Å². The molecular formula is C15H20N2. The third-order valence-electron chi connectivity index (χ3n) is 2.49. The molecule has 0 bridgehead atoms. The van der Waals surface area contributed by atoms with Gasteiger partial charge < -0.3 is 5.32 Å². The lowest BCUT2D eigenvalue weighted by atomic mass is 10.1. The molecule has 0 unspecified atom stereocenters. The smallest absolute Gasteiger partial charge is 0.0567 e. The molecule has 0 saturated carbocycles. The lowest BCUT2D eigenvalue weighted by Gasteiger charge is -2.12. The van der Waals surface area contributed by atoms with Gasteiger partial charge in [-0.15, -0.1) is 0 Å². The van der Waals surface area contributed by atoms with Crippen LogP contribution in [0.3, 0.4) is 0 Å². The fourth-order valence-corrected chi connectivity index (χ4v) is 1.56. The summed E-state index contributed by atoms with van der Waals surface area (Å²) < 4.78 is 0. The second-order valence-electron chi connectivity index (χ2n) is 3.99. The number of aliphatic imine (C=N–C) groups is 1. The minimum atomic E-state index is 0.666. The molecule has 0 saturated heterocycles. The first-order chi connectivity index (χ1) is 8.15. The van der Waals surface area contributed by atoms with Crippen LogP contribution in [0.5, 0.6) is 0 Å². The zero-order chi connectivity index (χ0) is 12.7. The van der Waals surface area contributed by atoms with Crippen LogP contribution in [0.25, 0.3) is 0 Å². The van der Waals surface area contributed by atoms with Crippen LogP contribution in [-0.2, 0) is 0 Å². The van der Waals surface area contributed by atoms with Crippen LogP contribution in [0.4, 0.5) is 5.69 Å². The predicted octanol–water partition coefficient (Wildman–Crippen LogP) is 3.88. The summed E-state index contributed by atoms with van der Waals surface area (Å²) >= 11 is 0. The molecule has 0 aliphatic rings. The molecule has 0 spiro atoms. The van der Waals surface area contributed by atoms with Crippen LogP contribution in [0, 0.1) is 13.8 Å². The summed E-state index contributed by atoms with van der Waals surface area (Å²) in [5.41, 5.74) is 4.49. The number of hydrogen-bond donors (Lipinski definition) is 1. The summed E-state index contributed by atoms with van der Waals surface area (Å²) in [7, 11) is 0. The Labute approximate surface area is 104 Å². The Kier molecular flexibility index (Phi) is 5.21. The Morgan fingerprint density at radius 3 is 2.59 bits per heavy atom. The van der Waals surface area contributed by atoms with Crippen LogP contribution in [-0.4, -0.2) is 12.8 Å². The molecule has 0 radical (unpaired) electrons. The number of nitrogens with zero attached hydrogens (tertiary/aromatic N) is 1. The lowest BCUT2D eigenvalue weighted by molar-refractivity contribution is 1.16. The molecule has 0 aliphatic carbocycles. The highest BCUT2D eigenvalue weighted by molar-refractivity contribution is 5.72. The Morgan fingerprint density at radius 2 is 2.00 bits per heavy atom. The molecule has 2 heteroatoms. The minimum absolute atomic E-state index is 0.666. The van der Waals surface area contributed by atoms with Gasteiger partial charge in [-0.25, -0.2) is 0 Å². The topological polar surface area (TPSA) is 24.4 Å². The van der Waals surface area contributed by atoms with Crippen LogP contribution >= 0.6 is 0 Å². The number of allylic oxidation sites excluding steroid dienone is 2. The van der Waals surface area contributed by atoms with Gasteiger partial charge in [-0.2, -0.15) is 0 Å². The first kappa shape index (κ1) is 13.2. The lowest BCUT2D eigenvalue weighted by Crippen LogP contribution is -2.05. The molecule has 1 N–H and O–H groups in total. The van der Waals surface area contributed by atoms with E-state index in [2.05, 4.69) is 48.9 Å². The SMILES string of the molecule is C=C(CNc1c(C)cccc1C)/N=C\C=C/C. The van der Waals surface area contributed by atoms with Crippen molar-refractivity contribution in [1.29, 1.82) is 0 Å². The highest BCUT2D eigenvalue weighted by Gasteiger charge is 2.00. The van der Waals surface area contributed by atoms with Crippen molar-refractivity contribution >= 4 is 11.9 Å². The summed E-state index contributed by atoms with van der Waals surface area (Å²) in [5, 5.41) is 3.37. The largest absolute Gasteiger partial charge is 0.379 e. The molecule has 0 aliphatic heterocycles. The van der Waals surface area contributed by atoms with E-state index in [1.165, 1.54) is 16.8 Å². The fourth-order valence-electron chi connectivity index (χ4n) is 1.56. The van der Waals surface area contributed by atoms with E-state index < -0.39 is 0 Å². The Bertz CT molecular complexity index is 422. The highest BCUT2D eigenvalue weighted by Crippen LogP contribution is 2.19. The quantitative estimate of drug-likeness (QED) is 0.760. The number of nitrogens with one attached hydrogen (secondary N) is 1.